The zero-order valence-corrected chi connectivity index (χ0v) is 20.0. The lowest BCUT2D eigenvalue weighted by Gasteiger charge is -2.08. The molecule has 9 heteroatoms. The molecule has 0 atom stereocenters. The topological polar surface area (TPSA) is 93.1 Å². The summed E-state index contributed by atoms with van der Waals surface area (Å²) in [6, 6.07) is 23.5. The molecule has 0 saturated heterocycles. The van der Waals surface area contributed by atoms with Crippen molar-refractivity contribution in [3.05, 3.63) is 95.6 Å². The van der Waals surface area contributed by atoms with Crippen LogP contribution in [0.25, 0.3) is 16.9 Å². The van der Waals surface area contributed by atoms with Gasteiger partial charge in [0.2, 0.25) is 15.9 Å². The van der Waals surface area contributed by atoms with Crippen LogP contribution in [0.1, 0.15) is 12.5 Å². The van der Waals surface area contributed by atoms with Crippen molar-refractivity contribution in [2.24, 2.45) is 0 Å². The van der Waals surface area contributed by atoms with Gasteiger partial charge in [-0.2, -0.15) is 5.10 Å². The Morgan fingerprint density at radius 3 is 2.24 bits per heavy atom. The summed E-state index contributed by atoms with van der Waals surface area (Å²) in [5.41, 5.74) is 4.20. The van der Waals surface area contributed by atoms with Gasteiger partial charge in [-0.3, -0.25) is 9.52 Å². The SMILES string of the molecule is CCS(=O)(=O)Nc1ccc(NC(=O)Cc2cn(-c3ccccc3)nc2-c2ccc(Cl)cc2)cc1. The number of nitrogens with zero attached hydrogens (tertiary/aromatic N) is 2. The predicted octanol–water partition coefficient (Wildman–Crippen LogP) is 5.14. The van der Waals surface area contributed by atoms with E-state index in [4.69, 9.17) is 16.7 Å². The first-order valence-corrected chi connectivity index (χ1v) is 12.7. The smallest absolute Gasteiger partial charge is 0.232 e. The van der Waals surface area contributed by atoms with Crippen molar-refractivity contribution in [3.63, 3.8) is 0 Å². The van der Waals surface area contributed by atoms with Gasteiger partial charge in [-0.1, -0.05) is 41.9 Å². The normalized spacial score (nSPS) is 11.2. The Kier molecular flexibility index (Phi) is 7.00. The lowest BCUT2D eigenvalue weighted by molar-refractivity contribution is -0.115. The largest absolute Gasteiger partial charge is 0.326 e. The first-order chi connectivity index (χ1) is 16.3. The summed E-state index contributed by atoms with van der Waals surface area (Å²) in [6.07, 6.45) is 1.95. The van der Waals surface area contributed by atoms with Crippen LogP contribution in [0.3, 0.4) is 0 Å². The van der Waals surface area contributed by atoms with E-state index in [1.807, 2.05) is 48.7 Å². The van der Waals surface area contributed by atoms with Gasteiger partial charge in [0.25, 0.3) is 0 Å². The number of aromatic nitrogens is 2. The summed E-state index contributed by atoms with van der Waals surface area (Å²) in [7, 11) is -3.36. The van der Waals surface area contributed by atoms with E-state index in [1.165, 1.54) is 0 Å². The highest BCUT2D eigenvalue weighted by Gasteiger charge is 2.16. The lowest BCUT2D eigenvalue weighted by atomic mass is 10.1. The van der Waals surface area contributed by atoms with Crippen LogP contribution in [-0.2, 0) is 21.2 Å². The predicted molar refractivity (Wildman–Crippen MR) is 136 cm³/mol. The monoisotopic (exact) mass is 494 g/mol. The Balaban J connectivity index is 1.54. The van der Waals surface area contributed by atoms with Crippen molar-refractivity contribution in [1.29, 1.82) is 0 Å². The van der Waals surface area contributed by atoms with Gasteiger partial charge < -0.3 is 5.32 Å². The quantitative estimate of drug-likeness (QED) is 0.355. The highest BCUT2D eigenvalue weighted by molar-refractivity contribution is 7.92. The van der Waals surface area contributed by atoms with E-state index in [0.29, 0.717) is 22.1 Å². The summed E-state index contributed by atoms with van der Waals surface area (Å²) in [5.74, 6) is -0.234. The van der Waals surface area contributed by atoms with E-state index >= 15 is 0 Å². The van der Waals surface area contributed by atoms with Gasteiger partial charge >= 0.3 is 0 Å². The Labute approximate surface area is 203 Å². The van der Waals surface area contributed by atoms with Crippen LogP contribution >= 0.6 is 11.6 Å². The Hall–Kier alpha value is -3.62. The second-order valence-corrected chi connectivity index (χ2v) is 10.0. The molecule has 0 spiro atoms. The summed E-state index contributed by atoms with van der Waals surface area (Å²) in [6.45, 7) is 1.56. The minimum Gasteiger partial charge on any atom is -0.326 e. The van der Waals surface area contributed by atoms with Crippen molar-refractivity contribution in [1.82, 2.24) is 9.78 Å². The lowest BCUT2D eigenvalue weighted by Crippen LogP contribution is -2.16. The van der Waals surface area contributed by atoms with Crippen molar-refractivity contribution < 1.29 is 13.2 Å². The zero-order valence-electron chi connectivity index (χ0n) is 18.4. The minimum atomic E-state index is -3.36. The maximum atomic E-state index is 12.8. The van der Waals surface area contributed by atoms with Gasteiger partial charge in [0.15, 0.2) is 0 Å². The number of nitrogens with one attached hydrogen (secondary N) is 2. The average Bonchev–Trinajstić information content (AvgIpc) is 3.25. The third-order valence-electron chi connectivity index (χ3n) is 5.10. The fourth-order valence-corrected chi connectivity index (χ4v) is 4.12. The molecule has 0 unspecified atom stereocenters. The summed E-state index contributed by atoms with van der Waals surface area (Å²) in [5, 5.41) is 8.20. The van der Waals surface area contributed by atoms with Gasteiger partial charge in [-0.15, -0.1) is 0 Å². The van der Waals surface area contributed by atoms with Crippen LogP contribution in [0.4, 0.5) is 11.4 Å². The zero-order chi connectivity index (χ0) is 24.1. The molecule has 3 aromatic carbocycles. The molecule has 174 valence electrons. The molecule has 7 nitrogen and oxygen atoms in total. The molecule has 0 radical (unpaired) electrons. The number of carbonyl (C=O) groups excluding carboxylic acids is 1. The molecule has 0 bridgehead atoms. The van der Waals surface area contributed by atoms with Gasteiger partial charge in [-0.25, -0.2) is 13.1 Å². The standard InChI is InChI=1S/C25H23ClN4O3S/c1-2-34(32,33)29-22-14-12-21(13-15-22)27-24(31)16-19-17-30(23-6-4-3-5-7-23)28-25(19)18-8-10-20(26)11-9-18/h3-15,17,29H,2,16H2,1H3,(H,27,31). The van der Waals surface area contributed by atoms with E-state index in [-0.39, 0.29) is 18.1 Å². The summed E-state index contributed by atoms with van der Waals surface area (Å²) in [4.78, 5) is 12.8. The number of para-hydroxylation sites is 1. The van der Waals surface area contributed by atoms with E-state index in [0.717, 1.165) is 16.8 Å². The van der Waals surface area contributed by atoms with Crippen molar-refractivity contribution in [2.45, 2.75) is 13.3 Å². The van der Waals surface area contributed by atoms with Gasteiger partial charge in [-0.05, 0) is 55.5 Å². The molecule has 0 fully saturated rings. The van der Waals surface area contributed by atoms with Crippen LogP contribution in [0.5, 0.6) is 0 Å². The van der Waals surface area contributed by atoms with Crippen LogP contribution in [0, 0.1) is 0 Å². The van der Waals surface area contributed by atoms with Crippen molar-refractivity contribution >= 4 is 38.9 Å². The molecule has 1 aromatic heterocycles. The van der Waals surface area contributed by atoms with Crippen LogP contribution in [0.2, 0.25) is 5.02 Å². The van der Waals surface area contributed by atoms with Crippen LogP contribution < -0.4 is 10.0 Å². The number of rotatable bonds is 8. The summed E-state index contributed by atoms with van der Waals surface area (Å²) < 4.78 is 27.6. The van der Waals surface area contributed by atoms with Crippen molar-refractivity contribution in [3.8, 4) is 16.9 Å². The van der Waals surface area contributed by atoms with E-state index in [1.54, 1.807) is 48.0 Å². The fraction of sp³-hybridized carbons (Fsp3) is 0.120. The van der Waals surface area contributed by atoms with E-state index in [2.05, 4.69) is 10.0 Å². The number of benzene rings is 3. The third kappa shape index (κ3) is 5.84. The first-order valence-electron chi connectivity index (χ1n) is 10.6. The number of sulfonamides is 1. The second kappa shape index (κ2) is 10.1. The van der Waals surface area contributed by atoms with E-state index in [9.17, 15) is 13.2 Å². The number of anilines is 2. The Morgan fingerprint density at radius 2 is 1.59 bits per heavy atom. The molecule has 0 aliphatic carbocycles. The van der Waals surface area contributed by atoms with Crippen LogP contribution in [-0.4, -0.2) is 29.9 Å². The van der Waals surface area contributed by atoms with E-state index < -0.39 is 10.0 Å². The highest BCUT2D eigenvalue weighted by atomic mass is 35.5. The molecule has 34 heavy (non-hydrogen) atoms. The number of hydrogen-bond acceptors (Lipinski definition) is 4. The molecule has 1 amide bonds. The molecule has 4 aromatic rings. The maximum absolute atomic E-state index is 12.8. The molecule has 0 saturated carbocycles. The molecular formula is C25H23ClN4O3S. The van der Waals surface area contributed by atoms with Crippen LogP contribution in [0.15, 0.2) is 85.1 Å². The third-order valence-corrected chi connectivity index (χ3v) is 6.66. The van der Waals surface area contributed by atoms with Gasteiger partial charge in [0.05, 0.1) is 23.6 Å². The molecule has 0 aliphatic heterocycles. The Bertz CT molecular complexity index is 1380. The molecule has 2 N–H and O–H groups in total. The number of carbonyl (C=O) groups is 1. The molecule has 1 heterocycles. The fourth-order valence-electron chi connectivity index (χ4n) is 3.35. The molecular weight excluding hydrogens is 472 g/mol. The van der Waals surface area contributed by atoms with Crippen molar-refractivity contribution in [2.75, 3.05) is 15.8 Å². The average molecular weight is 495 g/mol. The second-order valence-electron chi connectivity index (χ2n) is 7.60. The number of halogens is 1. The number of amides is 1. The molecule has 0 aliphatic rings. The van der Waals surface area contributed by atoms with Gasteiger partial charge in [0.1, 0.15) is 0 Å². The Morgan fingerprint density at radius 1 is 0.941 bits per heavy atom. The highest BCUT2D eigenvalue weighted by Crippen LogP contribution is 2.26. The van der Waals surface area contributed by atoms with Gasteiger partial charge in [0, 0.05) is 33.7 Å². The minimum absolute atomic E-state index is 0.0158. The maximum Gasteiger partial charge on any atom is 0.232 e. The number of hydrogen-bond donors (Lipinski definition) is 2. The summed E-state index contributed by atoms with van der Waals surface area (Å²) >= 11 is 6.04. The first kappa shape index (κ1) is 23.5. The molecule has 4 rings (SSSR count).